The first-order valence-corrected chi connectivity index (χ1v) is 3.49. The van der Waals surface area contributed by atoms with E-state index in [1.54, 1.807) is 0 Å². The van der Waals surface area contributed by atoms with E-state index in [9.17, 15) is 4.79 Å². The third-order valence-corrected chi connectivity index (χ3v) is 1.95. The number of carbonyl (C=O) groups excluding carboxylic acids is 1. The van der Waals surface area contributed by atoms with Crippen molar-refractivity contribution in [1.82, 2.24) is 0 Å². The number of halogens is 1. The zero-order chi connectivity index (χ0) is 6.85. The van der Waals surface area contributed by atoms with Crippen LogP contribution in [0.3, 0.4) is 0 Å². The van der Waals surface area contributed by atoms with Crippen LogP contribution in [0, 0.1) is 5.92 Å². The highest BCUT2D eigenvalue weighted by Gasteiger charge is 2.24. The Morgan fingerprint density at radius 3 is 2.78 bits per heavy atom. The topological polar surface area (TPSA) is 26.3 Å². The van der Waals surface area contributed by atoms with E-state index in [1.165, 1.54) is 0 Å². The van der Waals surface area contributed by atoms with Crippen LogP contribution in [-0.4, -0.2) is 12.6 Å². The van der Waals surface area contributed by atoms with E-state index in [0.717, 1.165) is 4.48 Å². The van der Waals surface area contributed by atoms with E-state index >= 15 is 0 Å². The Hall–Kier alpha value is -0.310. The highest BCUT2D eigenvalue weighted by atomic mass is 79.9. The molecular formula is C6H7BrO2. The number of hydrogen-bond acceptors (Lipinski definition) is 2. The molecule has 9 heavy (non-hydrogen) atoms. The van der Waals surface area contributed by atoms with Crippen LogP contribution >= 0.6 is 15.9 Å². The van der Waals surface area contributed by atoms with Crippen molar-refractivity contribution in [3.05, 3.63) is 11.1 Å². The van der Waals surface area contributed by atoms with Gasteiger partial charge in [0.05, 0.1) is 13.0 Å². The van der Waals surface area contributed by atoms with Gasteiger partial charge in [0.25, 0.3) is 0 Å². The molecule has 0 N–H and O–H groups in total. The van der Waals surface area contributed by atoms with Crippen molar-refractivity contribution in [3.63, 3.8) is 0 Å². The van der Waals surface area contributed by atoms with E-state index in [1.807, 2.05) is 0 Å². The highest BCUT2D eigenvalue weighted by Crippen LogP contribution is 2.24. The second-order valence-corrected chi connectivity index (χ2v) is 3.05. The molecule has 0 unspecified atom stereocenters. The number of cyclic esters (lactones) is 1. The predicted molar refractivity (Wildman–Crippen MR) is 37.1 cm³/mol. The maximum Gasteiger partial charge on any atom is 0.306 e. The number of hydrogen-bond donors (Lipinski definition) is 0. The minimum absolute atomic E-state index is 0.124. The Morgan fingerprint density at radius 2 is 2.56 bits per heavy atom. The summed E-state index contributed by atoms with van der Waals surface area (Å²) in [6.07, 6.45) is 0.476. The van der Waals surface area contributed by atoms with E-state index in [4.69, 9.17) is 4.74 Å². The average Bonchev–Trinajstić information content (AvgIpc) is 2.14. The summed E-state index contributed by atoms with van der Waals surface area (Å²) in [6.45, 7) is 4.15. The van der Waals surface area contributed by atoms with Crippen molar-refractivity contribution in [1.29, 1.82) is 0 Å². The van der Waals surface area contributed by atoms with Crippen LogP contribution in [-0.2, 0) is 9.53 Å². The van der Waals surface area contributed by atoms with Gasteiger partial charge < -0.3 is 4.74 Å². The average molecular weight is 191 g/mol. The number of ether oxygens (including phenoxy) is 1. The van der Waals surface area contributed by atoms with Crippen molar-refractivity contribution in [2.24, 2.45) is 5.92 Å². The van der Waals surface area contributed by atoms with Gasteiger partial charge in [-0.3, -0.25) is 4.79 Å². The minimum Gasteiger partial charge on any atom is -0.465 e. The first-order chi connectivity index (χ1) is 4.20. The minimum atomic E-state index is -0.124. The number of esters is 1. The maximum absolute atomic E-state index is 10.5. The Morgan fingerprint density at radius 1 is 1.89 bits per heavy atom. The van der Waals surface area contributed by atoms with Crippen molar-refractivity contribution >= 4 is 21.9 Å². The summed E-state index contributed by atoms with van der Waals surface area (Å²) in [7, 11) is 0. The van der Waals surface area contributed by atoms with Crippen molar-refractivity contribution in [2.45, 2.75) is 6.42 Å². The zero-order valence-corrected chi connectivity index (χ0v) is 6.48. The van der Waals surface area contributed by atoms with Crippen molar-refractivity contribution < 1.29 is 9.53 Å². The molecule has 0 amide bonds. The summed E-state index contributed by atoms with van der Waals surface area (Å²) in [5, 5.41) is 0. The zero-order valence-electron chi connectivity index (χ0n) is 4.89. The van der Waals surface area contributed by atoms with Crippen molar-refractivity contribution in [3.8, 4) is 0 Å². The van der Waals surface area contributed by atoms with Crippen LogP contribution in [0.2, 0.25) is 0 Å². The lowest BCUT2D eigenvalue weighted by molar-refractivity contribution is -0.137. The SMILES string of the molecule is C=C(Br)[C@@H]1COC(=O)C1. The Bertz CT molecular complexity index is 153. The number of rotatable bonds is 1. The molecule has 0 aromatic carbocycles. The molecule has 0 aromatic heterocycles. The van der Waals surface area contributed by atoms with Gasteiger partial charge in [-0.15, -0.1) is 0 Å². The molecule has 2 nitrogen and oxygen atoms in total. The van der Waals surface area contributed by atoms with Crippen LogP contribution in [0.1, 0.15) is 6.42 Å². The van der Waals surface area contributed by atoms with Gasteiger partial charge in [0, 0.05) is 5.92 Å². The predicted octanol–water partition coefficient (Wildman–Crippen LogP) is 1.46. The molecule has 1 aliphatic rings. The lowest BCUT2D eigenvalue weighted by Crippen LogP contribution is -1.96. The van der Waals surface area contributed by atoms with Gasteiger partial charge in [-0.2, -0.15) is 0 Å². The Labute approximate surface area is 62.0 Å². The van der Waals surface area contributed by atoms with Gasteiger partial charge in [0.1, 0.15) is 0 Å². The van der Waals surface area contributed by atoms with Gasteiger partial charge in [-0.1, -0.05) is 22.5 Å². The summed E-state index contributed by atoms with van der Waals surface area (Å²) < 4.78 is 5.55. The fourth-order valence-corrected chi connectivity index (χ4v) is 1.01. The molecule has 1 saturated heterocycles. The van der Waals surface area contributed by atoms with Gasteiger partial charge in [0.15, 0.2) is 0 Å². The van der Waals surface area contributed by atoms with E-state index in [-0.39, 0.29) is 11.9 Å². The fourth-order valence-electron chi connectivity index (χ4n) is 0.714. The first kappa shape index (κ1) is 6.81. The lowest BCUT2D eigenvalue weighted by Gasteiger charge is -1.99. The molecular weight excluding hydrogens is 184 g/mol. The monoisotopic (exact) mass is 190 g/mol. The summed E-state index contributed by atoms with van der Waals surface area (Å²) in [5.41, 5.74) is 0. The summed E-state index contributed by atoms with van der Waals surface area (Å²) in [6, 6.07) is 0. The Kier molecular flexibility index (Phi) is 1.90. The third-order valence-electron chi connectivity index (χ3n) is 1.30. The molecule has 0 aromatic rings. The second kappa shape index (κ2) is 2.52. The molecule has 1 heterocycles. The molecule has 0 radical (unpaired) electrons. The molecule has 1 rings (SSSR count). The molecule has 0 saturated carbocycles. The summed E-state index contributed by atoms with van der Waals surface area (Å²) >= 11 is 3.20. The molecule has 1 aliphatic heterocycles. The summed E-state index contributed by atoms with van der Waals surface area (Å²) in [5.74, 6) is 0.0677. The normalized spacial score (nSPS) is 25.9. The highest BCUT2D eigenvalue weighted by molar-refractivity contribution is 9.11. The van der Waals surface area contributed by atoms with Crippen LogP contribution in [0.4, 0.5) is 0 Å². The molecule has 0 aliphatic carbocycles. The lowest BCUT2D eigenvalue weighted by atomic mass is 10.1. The van der Waals surface area contributed by atoms with Crippen LogP contribution in [0.25, 0.3) is 0 Å². The van der Waals surface area contributed by atoms with E-state index in [2.05, 4.69) is 22.5 Å². The molecule has 0 spiro atoms. The van der Waals surface area contributed by atoms with Crippen LogP contribution in [0.5, 0.6) is 0 Å². The molecule has 1 fully saturated rings. The number of carbonyl (C=O) groups is 1. The van der Waals surface area contributed by atoms with Crippen LogP contribution < -0.4 is 0 Å². The smallest absolute Gasteiger partial charge is 0.306 e. The van der Waals surface area contributed by atoms with Crippen LogP contribution in [0.15, 0.2) is 11.1 Å². The van der Waals surface area contributed by atoms with Gasteiger partial charge >= 0.3 is 5.97 Å². The van der Waals surface area contributed by atoms with Gasteiger partial charge in [0.2, 0.25) is 0 Å². The maximum atomic E-state index is 10.5. The first-order valence-electron chi connectivity index (χ1n) is 2.70. The van der Waals surface area contributed by atoms with Crippen molar-refractivity contribution in [2.75, 3.05) is 6.61 Å². The van der Waals surface area contributed by atoms with Gasteiger partial charge in [-0.05, 0) is 4.48 Å². The standard InChI is InChI=1S/C6H7BrO2/c1-4(7)5-2-6(8)9-3-5/h5H,1-3H2/t5-/m0/s1. The molecule has 1 atom stereocenters. The molecule has 0 bridgehead atoms. The fraction of sp³-hybridized carbons (Fsp3) is 0.500. The quantitative estimate of drug-likeness (QED) is 0.586. The molecule has 3 heteroatoms. The third kappa shape index (κ3) is 1.55. The van der Waals surface area contributed by atoms with Gasteiger partial charge in [-0.25, -0.2) is 0 Å². The second-order valence-electron chi connectivity index (χ2n) is 2.03. The molecule has 50 valence electrons. The summed E-state index contributed by atoms with van der Waals surface area (Å²) in [4.78, 5) is 10.5. The van der Waals surface area contributed by atoms with E-state index < -0.39 is 0 Å². The Balaban J connectivity index is 2.48. The van der Waals surface area contributed by atoms with E-state index in [0.29, 0.717) is 13.0 Å². The largest absolute Gasteiger partial charge is 0.465 e.